The van der Waals surface area contributed by atoms with Crippen LogP contribution in [0, 0.1) is 5.92 Å². The van der Waals surface area contributed by atoms with Gasteiger partial charge in [-0.1, -0.05) is 13.8 Å². The standard InChI is InChI=1S/C13H22N4S/c1-9(2)12-15-13(18-16-12)17-7-5-11-10(8-17)4-3-6-14-11/h9-11,14H,3-8H2,1-2H3. The first-order valence-corrected chi connectivity index (χ1v) is 7.83. The van der Waals surface area contributed by atoms with Gasteiger partial charge in [0.25, 0.3) is 0 Å². The molecule has 3 heterocycles. The van der Waals surface area contributed by atoms with E-state index in [-0.39, 0.29) is 0 Å². The molecule has 0 bridgehead atoms. The first-order valence-electron chi connectivity index (χ1n) is 7.06. The summed E-state index contributed by atoms with van der Waals surface area (Å²) in [5.74, 6) is 2.24. The van der Waals surface area contributed by atoms with Gasteiger partial charge in [-0.2, -0.15) is 4.37 Å². The molecular formula is C13H22N4S. The van der Waals surface area contributed by atoms with Crippen LogP contribution in [0.2, 0.25) is 0 Å². The van der Waals surface area contributed by atoms with Gasteiger partial charge in [-0.25, -0.2) is 4.98 Å². The third kappa shape index (κ3) is 2.38. The van der Waals surface area contributed by atoms with E-state index in [9.17, 15) is 0 Å². The lowest BCUT2D eigenvalue weighted by Crippen LogP contribution is -2.52. The third-order valence-corrected chi connectivity index (χ3v) is 4.90. The van der Waals surface area contributed by atoms with Crippen LogP contribution < -0.4 is 10.2 Å². The van der Waals surface area contributed by atoms with Gasteiger partial charge in [0.15, 0.2) is 0 Å². The molecule has 0 amide bonds. The second kappa shape index (κ2) is 5.13. The Morgan fingerprint density at radius 1 is 1.39 bits per heavy atom. The van der Waals surface area contributed by atoms with Gasteiger partial charge >= 0.3 is 0 Å². The van der Waals surface area contributed by atoms with Gasteiger partial charge in [-0.05, 0) is 31.7 Å². The Bertz CT molecular complexity index is 403. The van der Waals surface area contributed by atoms with Gasteiger partial charge in [0, 0.05) is 36.6 Å². The van der Waals surface area contributed by atoms with Crippen LogP contribution >= 0.6 is 11.5 Å². The summed E-state index contributed by atoms with van der Waals surface area (Å²) in [5.41, 5.74) is 0. The van der Waals surface area contributed by atoms with Crippen molar-refractivity contribution in [3.63, 3.8) is 0 Å². The number of aromatic nitrogens is 2. The summed E-state index contributed by atoms with van der Waals surface area (Å²) in [4.78, 5) is 7.13. The van der Waals surface area contributed by atoms with Gasteiger partial charge < -0.3 is 10.2 Å². The lowest BCUT2D eigenvalue weighted by Gasteiger charge is -2.41. The molecule has 0 aromatic carbocycles. The molecule has 2 unspecified atom stereocenters. The second-order valence-corrected chi connectivity index (χ2v) is 6.52. The minimum absolute atomic E-state index is 0.434. The quantitative estimate of drug-likeness (QED) is 0.891. The fraction of sp³-hybridized carbons (Fsp3) is 0.846. The van der Waals surface area contributed by atoms with Gasteiger partial charge in [-0.15, -0.1) is 0 Å². The van der Waals surface area contributed by atoms with Crippen molar-refractivity contribution in [1.82, 2.24) is 14.7 Å². The SMILES string of the molecule is CC(C)c1nsc(N2CCC3NCCCC3C2)n1. The van der Waals surface area contributed by atoms with Crippen LogP contribution in [0.1, 0.15) is 44.9 Å². The molecule has 4 nitrogen and oxygen atoms in total. The number of nitrogens with one attached hydrogen (secondary N) is 1. The van der Waals surface area contributed by atoms with Gasteiger partial charge in [0.2, 0.25) is 5.13 Å². The number of hydrogen-bond acceptors (Lipinski definition) is 5. The van der Waals surface area contributed by atoms with E-state index in [0.717, 1.165) is 36.0 Å². The van der Waals surface area contributed by atoms with E-state index in [2.05, 4.69) is 33.4 Å². The molecule has 2 atom stereocenters. The molecule has 100 valence electrons. The van der Waals surface area contributed by atoms with Crippen molar-refractivity contribution in [2.45, 2.75) is 45.1 Å². The maximum Gasteiger partial charge on any atom is 0.205 e. The Morgan fingerprint density at radius 2 is 2.28 bits per heavy atom. The Hall–Kier alpha value is -0.680. The molecule has 1 aromatic rings. The van der Waals surface area contributed by atoms with Crippen molar-refractivity contribution in [3.05, 3.63) is 5.82 Å². The molecular weight excluding hydrogens is 244 g/mol. The van der Waals surface area contributed by atoms with Crippen LogP contribution in [-0.4, -0.2) is 35.0 Å². The fourth-order valence-electron chi connectivity index (χ4n) is 3.01. The highest BCUT2D eigenvalue weighted by atomic mass is 32.1. The molecule has 2 aliphatic heterocycles. The second-order valence-electron chi connectivity index (χ2n) is 5.79. The molecule has 2 saturated heterocycles. The van der Waals surface area contributed by atoms with E-state index in [1.54, 1.807) is 11.5 Å². The Labute approximate surface area is 113 Å². The maximum absolute atomic E-state index is 4.68. The van der Waals surface area contributed by atoms with Crippen LogP contribution in [-0.2, 0) is 0 Å². The van der Waals surface area contributed by atoms with E-state index in [1.165, 1.54) is 25.8 Å². The normalized spacial score (nSPS) is 28.5. The predicted octanol–water partition coefficient (Wildman–Crippen LogP) is 2.24. The highest BCUT2D eigenvalue weighted by molar-refractivity contribution is 7.09. The van der Waals surface area contributed by atoms with Crippen molar-refractivity contribution in [3.8, 4) is 0 Å². The van der Waals surface area contributed by atoms with Crippen LogP contribution in [0.25, 0.3) is 0 Å². The van der Waals surface area contributed by atoms with Crippen LogP contribution in [0.4, 0.5) is 5.13 Å². The number of piperidine rings is 2. The van der Waals surface area contributed by atoms with E-state index in [0.29, 0.717) is 5.92 Å². The largest absolute Gasteiger partial charge is 0.346 e. The average molecular weight is 266 g/mol. The van der Waals surface area contributed by atoms with Crippen LogP contribution in [0.3, 0.4) is 0 Å². The first-order chi connectivity index (χ1) is 8.74. The monoisotopic (exact) mass is 266 g/mol. The highest BCUT2D eigenvalue weighted by Gasteiger charge is 2.32. The zero-order valence-corrected chi connectivity index (χ0v) is 12.0. The molecule has 0 saturated carbocycles. The molecule has 2 aliphatic rings. The molecule has 18 heavy (non-hydrogen) atoms. The van der Waals surface area contributed by atoms with E-state index < -0.39 is 0 Å². The number of hydrogen-bond donors (Lipinski definition) is 1. The molecule has 3 rings (SSSR count). The zero-order chi connectivity index (χ0) is 12.5. The van der Waals surface area contributed by atoms with Crippen molar-refractivity contribution < 1.29 is 0 Å². The van der Waals surface area contributed by atoms with Crippen molar-refractivity contribution >= 4 is 16.7 Å². The summed E-state index contributed by atoms with van der Waals surface area (Å²) < 4.78 is 4.47. The number of rotatable bonds is 2. The van der Waals surface area contributed by atoms with E-state index in [4.69, 9.17) is 0 Å². The van der Waals surface area contributed by atoms with Gasteiger partial charge in [-0.3, -0.25) is 0 Å². The smallest absolute Gasteiger partial charge is 0.205 e. The number of fused-ring (bicyclic) bond motifs is 1. The Morgan fingerprint density at radius 3 is 3.06 bits per heavy atom. The molecule has 0 spiro atoms. The summed E-state index contributed by atoms with van der Waals surface area (Å²) in [5, 5.41) is 4.78. The number of nitrogens with zero attached hydrogens (tertiary/aromatic N) is 3. The molecule has 1 aromatic heterocycles. The van der Waals surface area contributed by atoms with Gasteiger partial charge in [0.1, 0.15) is 5.82 Å². The fourth-order valence-corrected chi connectivity index (χ4v) is 3.85. The Kier molecular flexibility index (Phi) is 3.52. The molecule has 0 radical (unpaired) electrons. The van der Waals surface area contributed by atoms with Gasteiger partial charge in [0.05, 0.1) is 0 Å². The average Bonchev–Trinajstić information content (AvgIpc) is 2.88. The summed E-state index contributed by atoms with van der Waals surface area (Å²) >= 11 is 1.57. The highest BCUT2D eigenvalue weighted by Crippen LogP contribution is 2.30. The lowest BCUT2D eigenvalue weighted by atomic mass is 9.86. The summed E-state index contributed by atoms with van der Waals surface area (Å²) in [7, 11) is 0. The molecule has 2 fully saturated rings. The minimum atomic E-state index is 0.434. The zero-order valence-electron chi connectivity index (χ0n) is 11.2. The Balaban J connectivity index is 1.69. The molecule has 0 aliphatic carbocycles. The summed E-state index contributed by atoms with van der Waals surface area (Å²) in [6, 6.07) is 0.743. The number of anilines is 1. The lowest BCUT2D eigenvalue weighted by molar-refractivity contribution is 0.244. The molecule has 1 N–H and O–H groups in total. The van der Waals surface area contributed by atoms with E-state index in [1.807, 2.05) is 0 Å². The molecule has 5 heteroatoms. The minimum Gasteiger partial charge on any atom is -0.346 e. The van der Waals surface area contributed by atoms with Crippen LogP contribution in [0.15, 0.2) is 0 Å². The van der Waals surface area contributed by atoms with E-state index >= 15 is 0 Å². The summed E-state index contributed by atoms with van der Waals surface area (Å²) in [6.45, 7) is 7.80. The summed E-state index contributed by atoms with van der Waals surface area (Å²) in [6.07, 6.45) is 3.94. The van der Waals surface area contributed by atoms with Crippen molar-refractivity contribution in [2.24, 2.45) is 5.92 Å². The van der Waals surface area contributed by atoms with Crippen molar-refractivity contribution in [2.75, 3.05) is 24.5 Å². The predicted molar refractivity (Wildman–Crippen MR) is 75.3 cm³/mol. The topological polar surface area (TPSA) is 41.1 Å². The first kappa shape index (κ1) is 12.4. The third-order valence-electron chi connectivity index (χ3n) is 4.11. The maximum atomic E-state index is 4.68. The van der Waals surface area contributed by atoms with Crippen molar-refractivity contribution in [1.29, 1.82) is 0 Å². The van der Waals surface area contributed by atoms with Crippen LogP contribution in [0.5, 0.6) is 0 Å².